The molecule has 4 heterocycles. The first kappa shape index (κ1) is 11.0. The smallest absolute Gasteiger partial charge is 0.235 e. The van der Waals surface area contributed by atoms with E-state index in [4.69, 9.17) is 4.74 Å². The molecule has 0 amide bonds. The normalized spacial score (nSPS) is 31.5. The lowest BCUT2D eigenvalue weighted by Crippen LogP contribution is -2.46. The molecule has 4 rings (SSSR count). The summed E-state index contributed by atoms with van der Waals surface area (Å²) in [4.78, 5) is 11.4. The molecule has 2 bridgehead atoms. The molecule has 3 aliphatic rings. The van der Waals surface area contributed by atoms with Crippen LogP contribution in [0.1, 0.15) is 31.4 Å². The van der Waals surface area contributed by atoms with E-state index >= 15 is 0 Å². The maximum Gasteiger partial charge on any atom is 0.235 e. The van der Waals surface area contributed by atoms with Crippen molar-refractivity contribution in [3.05, 3.63) is 18.1 Å². The van der Waals surface area contributed by atoms with Gasteiger partial charge in [0.05, 0.1) is 6.61 Å². The highest BCUT2D eigenvalue weighted by Crippen LogP contribution is 2.40. The second-order valence-corrected chi connectivity index (χ2v) is 4.92. The van der Waals surface area contributed by atoms with E-state index in [1.807, 2.05) is 6.92 Å². The van der Waals surface area contributed by atoms with Crippen molar-refractivity contribution in [1.29, 1.82) is 0 Å². The molecule has 0 N–H and O–H groups in total. The number of ether oxygens (including phenoxy) is 1. The van der Waals surface area contributed by atoms with E-state index < -0.39 is 0 Å². The van der Waals surface area contributed by atoms with Gasteiger partial charge in [0.25, 0.3) is 0 Å². The summed E-state index contributed by atoms with van der Waals surface area (Å²) in [5.74, 6) is 2.04. The lowest BCUT2D eigenvalue weighted by molar-refractivity contribution is 0.0835. The number of aromatic nitrogens is 2. The minimum atomic E-state index is 0.521. The number of hydrogen-bond acceptors (Lipinski definition) is 4. The Morgan fingerprint density at radius 2 is 2.06 bits per heavy atom. The van der Waals surface area contributed by atoms with Gasteiger partial charge in [0.2, 0.25) is 5.88 Å². The second-order valence-electron chi connectivity index (χ2n) is 4.92. The van der Waals surface area contributed by atoms with Crippen molar-refractivity contribution in [2.24, 2.45) is 5.92 Å². The van der Waals surface area contributed by atoms with Crippen LogP contribution in [-0.2, 0) is 0 Å². The van der Waals surface area contributed by atoms with Gasteiger partial charge in [-0.3, -0.25) is 4.98 Å². The molecule has 4 heteroatoms. The van der Waals surface area contributed by atoms with Gasteiger partial charge in [-0.05, 0) is 38.8 Å². The minimum absolute atomic E-state index is 0.521. The van der Waals surface area contributed by atoms with Crippen LogP contribution in [0, 0.1) is 5.92 Å². The van der Waals surface area contributed by atoms with Crippen LogP contribution < -0.4 is 4.74 Å². The average Bonchev–Trinajstić information content (AvgIpc) is 2.41. The number of nitrogens with zero attached hydrogens (tertiary/aromatic N) is 3. The van der Waals surface area contributed by atoms with Gasteiger partial charge in [-0.25, -0.2) is 4.98 Å². The molecule has 4 nitrogen and oxygen atoms in total. The Balaban J connectivity index is 1.88. The van der Waals surface area contributed by atoms with Crippen LogP contribution in [-0.4, -0.2) is 41.1 Å². The zero-order valence-corrected chi connectivity index (χ0v) is 10.3. The number of piperidine rings is 3. The van der Waals surface area contributed by atoms with Crippen LogP contribution in [0.4, 0.5) is 0 Å². The van der Waals surface area contributed by atoms with Gasteiger partial charge in [0, 0.05) is 24.9 Å². The molecule has 1 atom stereocenters. The quantitative estimate of drug-likeness (QED) is 0.796. The highest BCUT2D eigenvalue weighted by Gasteiger charge is 2.37. The molecule has 92 valence electrons. The Bertz CT molecular complexity index is 388. The summed E-state index contributed by atoms with van der Waals surface area (Å²) in [6, 6.07) is 0. The molecule has 1 unspecified atom stereocenters. The monoisotopic (exact) mass is 233 g/mol. The first-order valence-corrected chi connectivity index (χ1v) is 6.54. The van der Waals surface area contributed by atoms with E-state index in [9.17, 15) is 0 Å². The van der Waals surface area contributed by atoms with E-state index in [-0.39, 0.29) is 0 Å². The van der Waals surface area contributed by atoms with Gasteiger partial charge in [0.15, 0.2) is 0 Å². The molecule has 0 aliphatic carbocycles. The molecule has 0 spiro atoms. The zero-order valence-electron chi connectivity index (χ0n) is 10.3. The van der Waals surface area contributed by atoms with Gasteiger partial charge in [0.1, 0.15) is 5.69 Å². The molecule has 1 aromatic rings. The van der Waals surface area contributed by atoms with Crippen LogP contribution in [0.5, 0.6) is 5.88 Å². The van der Waals surface area contributed by atoms with E-state index in [2.05, 4.69) is 14.9 Å². The number of hydrogen-bond donors (Lipinski definition) is 0. The summed E-state index contributed by atoms with van der Waals surface area (Å²) < 4.78 is 5.61. The molecule has 0 saturated carbocycles. The van der Waals surface area contributed by atoms with Gasteiger partial charge >= 0.3 is 0 Å². The highest BCUT2D eigenvalue weighted by atomic mass is 16.5. The van der Waals surface area contributed by atoms with Crippen molar-refractivity contribution in [3.63, 3.8) is 0 Å². The molecule has 3 aliphatic heterocycles. The van der Waals surface area contributed by atoms with Crippen LogP contribution in [0.15, 0.2) is 12.4 Å². The van der Waals surface area contributed by atoms with Gasteiger partial charge in [-0.1, -0.05) is 0 Å². The summed E-state index contributed by atoms with van der Waals surface area (Å²) in [6.07, 6.45) is 6.10. The SMILES string of the molecule is CCOc1nccnc1C1CN2CCC1CC2. The van der Waals surface area contributed by atoms with Gasteiger partial charge < -0.3 is 9.64 Å². The first-order valence-electron chi connectivity index (χ1n) is 6.54. The number of rotatable bonds is 3. The van der Waals surface area contributed by atoms with Crippen LogP contribution in [0.25, 0.3) is 0 Å². The minimum Gasteiger partial charge on any atom is -0.477 e. The second kappa shape index (κ2) is 4.61. The zero-order chi connectivity index (χ0) is 11.7. The van der Waals surface area contributed by atoms with Crippen molar-refractivity contribution in [3.8, 4) is 5.88 Å². The van der Waals surface area contributed by atoms with E-state index in [1.165, 1.54) is 25.9 Å². The first-order chi connectivity index (χ1) is 8.38. The third-order valence-electron chi connectivity index (χ3n) is 3.98. The average molecular weight is 233 g/mol. The molecule has 0 radical (unpaired) electrons. The van der Waals surface area contributed by atoms with Gasteiger partial charge in [-0.2, -0.15) is 0 Å². The predicted molar refractivity (Wildman–Crippen MR) is 65.1 cm³/mol. The fourth-order valence-electron chi connectivity index (χ4n) is 3.11. The Morgan fingerprint density at radius 1 is 1.29 bits per heavy atom. The third-order valence-corrected chi connectivity index (χ3v) is 3.98. The summed E-state index contributed by atoms with van der Waals surface area (Å²) in [7, 11) is 0. The molecule has 1 aromatic heterocycles. The summed E-state index contributed by atoms with van der Waals surface area (Å²) in [6.45, 7) is 6.29. The predicted octanol–water partition coefficient (Wildman–Crippen LogP) is 1.68. The van der Waals surface area contributed by atoms with Crippen LogP contribution in [0.2, 0.25) is 0 Å². The van der Waals surface area contributed by atoms with Crippen molar-refractivity contribution in [2.45, 2.75) is 25.7 Å². The van der Waals surface area contributed by atoms with E-state index in [0.717, 1.165) is 24.0 Å². The molecular weight excluding hydrogens is 214 g/mol. The van der Waals surface area contributed by atoms with Crippen molar-refractivity contribution >= 4 is 0 Å². The van der Waals surface area contributed by atoms with E-state index in [1.54, 1.807) is 12.4 Å². The lowest BCUT2D eigenvalue weighted by Gasteiger charge is -2.44. The Labute approximate surface area is 102 Å². The lowest BCUT2D eigenvalue weighted by atomic mass is 9.77. The molecule has 0 aromatic carbocycles. The summed E-state index contributed by atoms with van der Waals surface area (Å²) >= 11 is 0. The van der Waals surface area contributed by atoms with E-state index in [0.29, 0.717) is 12.5 Å². The van der Waals surface area contributed by atoms with Crippen molar-refractivity contribution in [2.75, 3.05) is 26.2 Å². The molecular formula is C13H19N3O. The maximum absolute atomic E-state index is 5.61. The highest BCUT2D eigenvalue weighted by molar-refractivity contribution is 5.24. The fraction of sp³-hybridized carbons (Fsp3) is 0.692. The molecule has 17 heavy (non-hydrogen) atoms. The standard InChI is InChI=1S/C13H19N3O/c1-2-17-13-12(14-5-6-15-13)11-9-16-7-3-10(11)4-8-16/h5-6,10-11H,2-4,7-9H2,1H3. The largest absolute Gasteiger partial charge is 0.477 e. The summed E-state index contributed by atoms with van der Waals surface area (Å²) in [5.41, 5.74) is 1.07. The summed E-state index contributed by atoms with van der Waals surface area (Å²) in [5, 5.41) is 0. The van der Waals surface area contributed by atoms with Crippen molar-refractivity contribution in [1.82, 2.24) is 14.9 Å². The molecule has 3 saturated heterocycles. The van der Waals surface area contributed by atoms with Crippen LogP contribution in [0.3, 0.4) is 0 Å². The van der Waals surface area contributed by atoms with Crippen molar-refractivity contribution < 1.29 is 4.74 Å². The topological polar surface area (TPSA) is 38.3 Å². The Morgan fingerprint density at radius 3 is 2.71 bits per heavy atom. The Kier molecular flexibility index (Phi) is 2.97. The maximum atomic E-state index is 5.61. The van der Waals surface area contributed by atoms with Gasteiger partial charge in [-0.15, -0.1) is 0 Å². The fourth-order valence-corrected chi connectivity index (χ4v) is 3.11. The third kappa shape index (κ3) is 2.02. The van der Waals surface area contributed by atoms with Crippen LogP contribution >= 0.6 is 0 Å². The number of fused-ring (bicyclic) bond motifs is 3. The Hall–Kier alpha value is -1.16. The molecule has 3 fully saturated rings.